The zero-order chi connectivity index (χ0) is 11.0. The van der Waals surface area contributed by atoms with Gasteiger partial charge in [-0.1, -0.05) is 13.8 Å². The number of carboxylic acid groups (broad SMARTS) is 1. The largest absolute Gasteiger partial charge is 0.482 e. The molecule has 0 spiro atoms. The molecule has 1 rings (SSSR count). The molecule has 0 amide bonds. The van der Waals surface area contributed by atoms with Crippen molar-refractivity contribution in [1.29, 1.82) is 0 Å². The van der Waals surface area contributed by atoms with Crippen LogP contribution in [0.5, 0.6) is 5.75 Å². The Morgan fingerprint density at radius 3 is 2.29 bits per heavy atom. The number of carboxylic acids is 1. The lowest BCUT2D eigenvalue weighted by molar-refractivity contribution is -0.139. The minimum atomic E-state index is -0.982. The Morgan fingerprint density at radius 1 is 1.36 bits per heavy atom. The molecule has 0 aliphatic heterocycles. The molecular weight excluding hydrogens is 200 g/mol. The summed E-state index contributed by atoms with van der Waals surface area (Å²) in [7, 11) is 0. The van der Waals surface area contributed by atoms with E-state index < -0.39 is 5.97 Å². The molecule has 0 heterocycles. The number of hydrogen-bond donors (Lipinski definition) is 2. The van der Waals surface area contributed by atoms with Crippen molar-refractivity contribution in [2.24, 2.45) is 0 Å². The molecule has 0 fully saturated rings. The molecule has 1 aromatic carbocycles. The van der Waals surface area contributed by atoms with Crippen LogP contribution in [0.3, 0.4) is 0 Å². The molecule has 0 aliphatic carbocycles. The van der Waals surface area contributed by atoms with Crippen LogP contribution >= 0.6 is 12.6 Å². The van der Waals surface area contributed by atoms with E-state index in [-0.39, 0.29) is 6.61 Å². The lowest BCUT2D eigenvalue weighted by Crippen LogP contribution is -2.09. The summed E-state index contributed by atoms with van der Waals surface area (Å²) in [5.41, 5.74) is 0. The lowest BCUT2D eigenvalue weighted by Gasteiger charge is -2.01. The van der Waals surface area contributed by atoms with Crippen LogP contribution in [0.15, 0.2) is 29.2 Å². The second kappa shape index (κ2) is 7.26. The molecule has 0 unspecified atom stereocenters. The van der Waals surface area contributed by atoms with Gasteiger partial charge in [-0.15, -0.1) is 12.6 Å². The van der Waals surface area contributed by atoms with E-state index in [0.29, 0.717) is 5.75 Å². The summed E-state index contributed by atoms with van der Waals surface area (Å²) < 4.78 is 4.89. The highest BCUT2D eigenvalue weighted by Gasteiger charge is 1.97. The van der Waals surface area contributed by atoms with Gasteiger partial charge in [-0.3, -0.25) is 0 Å². The fourth-order valence-corrected chi connectivity index (χ4v) is 0.837. The Balaban J connectivity index is 0.000000791. The van der Waals surface area contributed by atoms with E-state index in [4.69, 9.17) is 9.84 Å². The number of benzene rings is 1. The van der Waals surface area contributed by atoms with Gasteiger partial charge < -0.3 is 9.84 Å². The van der Waals surface area contributed by atoms with E-state index in [2.05, 4.69) is 12.6 Å². The van der Waals surface area contributed by atoms with Gasteiger partial charge in [-0.2, -0.15) is 0 Å². The summed E-state index contributed by atoms with van der Waals surface area (Å²) >= 11 is 4.07. The molecule has 0 aliphatic rings. The first-order valence-corrected chi connectivity index (χ1v) is 4.77. The van der Waals surface area contributed by atoms with E-state index in [1.165, 1.54) is 0 Å². The molecule has 0 atom stereocenters. The van der Waals surface area contributed by atoms with Crippen LogP contribution in [-0.4, -0.2) is 17.7 Å². The monoisotopic (exact) mass is 214 g/mol. The Labute approximate surface area is 89.1 Å². The molecule has 1 N–H and O–H groups in total. The quantitative estimate of drug-likeness (QED) is 0.760. The maximum Gasteiger partial charge on any atom is 0.341 e. The lowest BCUT2D eigenvalue weighted by atomic mass is 10.3. The van der Waals surface area contributed by atoms with Crippen molar-refractivity contribution in [2.75, 3.05) is 6.61 Å². The first-order valence-electron chi connectivity index (χ1n) is 4.32. The third-order valence-electron chi connectivity index (χ3n) is 1.20. The molecule has 3 nitrogen and oxygen atoms in total. The molecule has 0 bridgehead atoms. The number of rotatable bonds is 3. The SMILES string of the molecule is CC.O=C(O)COc1ccc(S)cc1. The topological polar surface area (TPSA) is 46.5 Å². The van der Waals surface area contributed by atoms with Gasteiger partial charge in [0.1, 0.15) is 5.75 Å². The number of carbonyl (C=O) groups is 1. The molecule has 78 valence electrons. The average molecular weight is 214 g/mol. The highest BCUT2D eigenvalue weighted by Crippen LogP contribution is 2.13. The fraction of sp³-hybridized carbons (Fsp3) is 0.300. The standard InChI is InChI=1S/C8H8O3S.C2H6/c9-8(10)5-11-6-1-3-7(12)4-2-6;1-2/h1-4,12H,5H2,(H,9,10);1-2H3. The maximum absolute atomic E-state index is 10.1. The van der Waals surface area contributed by atoms with Crippen LogP contribution in [-0.2, 0) is 4.79 Å². The van der Waals surface area contributed by atoms with Gasteiger partial charge in [-0.25, -0.2) is 4.79 Å². The van der Waals surface area contributed by atoms with E-state index in [9.17, 15) is 4.79 Å². The van der Waals surface area contributed by atoms with Gasteiger partial charge in [0, 0.05) is 4.90 Å². The third-order valence-corrected chi connectivity index (χ3v) is 1.50. The molecule has 0 radical (unpaired) electrons. The second-order valence-electron chi connectivity index (χ2n) is 2.18. The average Bonchev–Trinajstić information content (AvgIpc) is 2.20. The maximum atomic E-state index is 10.1. The molecular formula is C10H14O3S. The van der Waals surface area contributed by atoms with Gasteiger partial charge in [0.15, 0.2) is 6.61 Å². The number of ether oxygens (including phenoxy) is 1. The Kier molecular flexibility index (Phi) is 6.66. The summed E-state index contributed by atoms with van der Waals surface area (Å²) in [6, 6.07) is 6.82. The summed E-state index contributed by atoms with van der Waals surface area (Å²) in [5, 5.41) is 8.29. The summed E-state index contributed by atoms with van der Waals surface area (Å²) in [6.07, 6.45) is 0. The van der Waals surface area contributed by atoms with E-state index in [0.717, 1.165) is 4.90 Å². The summed E-state index contributed by atoms with van der Waals surface area (Å²) in [4.78, 5) is 10.9. The normalized spacial score (nSPS) is 8.50. The molecule has 1 aromatic rings. The van der Waals surface area contributed by atoms with Crippen molar-refractivity contribution < 1.29 is 14.6 Å². The first-order chi connectivity index (χ1) is 6.68. The number of aliphatic carboxylic acids is 1. The molecule has 4 heteroatoms. The first kappa shape index (κ1) is 12.8. The molecule has 0 aromatic heterocycles. The fourth-order valence-electron chi connectivity index (χ4n) is 0.687. The molecule has 14 heavy (non-hydrogen) atoms. The Bertz CT molecular complexity index is 269. The van der Waals surface area contributed by atoms with Gasteiger partial charge in [0.2, 0.25) is 0 Å². The van der Waals surface area contributed by atoms with Gasteiger partial charge >= 0.3 is 5.97 Å². The minimum absolute atomic E-state index is 0.314. The Morgan fingerprint density at radius 2 is 1.86 bits per heavy atom. The third kappa shape index (κ3) is 5.48. The van der Waals surface area contributed by atoms with Crippen LogP contribution < -0.4 is 4.74 Å². The van der Waals surface area contributed by atoms with E-state index >= 15 is 0 Å². The van der Waals surface area contributed by atoms with Crippen molar-refractivity contribution in [1.82, 2.24) is 0 Å². The van der Waals surface area contributed by atoms with Gasteiger partial charge in [0.05, 0.1) is 0 Å². The predicted octanol–water partition coefficient (Wildman–Crippen LogP) is 2.46. The predicted molar refractivity (Wildman–Crippen MR) is 58.2 cm³/mol. The molecule has 0 saturated carbocycles. The highest BCUT2D eigenvalue weighted by molar-refractivity contribution is 7.80. The van der Waals surface area contributed by atoms with Crippen LogP contribution in [0.2, 0.25) is 0 Å². The number of thiol groups is 1. The van der Waals surface area contributed by atoms with Crippen molar-refractivity contribution in [3.63, 3.8) is 0 Å². The van der Waals surface area contributed by atoms with E-state index in [1.807, 2.05) is 13.8 Å². The zero-order valence-corrected chi connectivity index (χ0v) is 9.12. The number of hydrogen-bond acceptors (Lipinski definition) is 3. The highest BCUT2D eigenvalue weighted by atomic mass is 32.1. The minimum Gasteiger partial charge on any atom is -0.482 e. The van der Waals surface area contributed by atoms with Crippen molar-refractivity contribution in [3.05, 3.63) is 24.3 Å². The van der Waals surface area contributed by atoms with Crippen LogP contribution in [0.4, 0.5) is 0 Å². The van der Waals surface area contributed by atoms with Gasteiger partial charge in [-0.05, 0) is 24.3 Å². The smallest absolute Gasteiger partial charge is 0.341 e. The summed E-state index contributed by atoms with van der Waals surface area (Å²) in [5.74, 6) is -0.444. The van der Waals surface area contributed by atoms with E-state index in [1.54, 1.807) is 24.3 Å². The van der Waals surface area contributed by atoms with Crippen molar-refractivity contribution >= 4 is 18.6 Å². The van der Waals surface area contributed by atoms with Gasteiger partial charge in [0.25, 0.3) is 0 Å². The van der Waals surface area contributed by atoms with Crippen LogP contribution in [0.25, 0.3) is 0 Å². The van der Waals surface area contributed by atoms with Crippen molar-refractivity contribution in [3.8, 4) is 5.75 Å². The van der Waals surface area contributed by atoms with Crippen LogP contribution in [0, 0.1) is 0 Å². The Hall–Kier alpha value is -1.16. The summed E-state index contributed by atoms with van der Waals surface area (Å²) in [6.45, 7) is 3.69. The second-order valence-corrected chi connectivity index (χ2v) is 2.69. The zero-order valence-electron chi connectivity index (χ0n) is 8.23. The van der Waals surface area contributed by atoms with Crippen LogP contribution in [0.1, 0.15) is 13.8 Å². The molecule has 0 saturated heterocycles. The van der Waals surface area contributed by atoms with Crippen molar-refractivity contribution in [2.45, 2.75) is 18.7 Å².